The number of benzene rings is 2. The molecular formula is C24H24NO7S-. The van der Waals surface area contributed by atoms with Crippen LogP contribution in [0, 0.1) is 6.92 Å². The molecule has 2 aromatic carbocycles. The van der Waals surface area contributed by atoms with Crippen LogP contribution < -0.4 is 25.5 Å². The predicted molar refractivity (Wildman–Crippen MR) is 125 cm³/mol. The maximum Gasteiger partial charge on any atom is 0.336 e. The molecule has 3 aromatic rings. The Morgan fingerprint density at radius 1 is 1.18 bits per heavy atom. The number of nitrogens with one attached hydrogen (secondary N) is 1. The van der Waals surface area contributed by atoms with Gasteiger partial charge in [0.15, 0.2) is 6.61 Å². The maximum atomic E-state index is 12.2. The lowest BCUT2D eigenvalue weighted by atomic mass is 10.00. The van der Waals surface area contributed by atoms with Crippen molar-refractivity contribution >= 4 is 34.6 Å². The molecule has 0 aliphatic rings. The van der Waals surface area contributed by atoms with Gasteiger partial charge in [0.2, 0.25) is 0 Å². The third-order valence-corrected chi connectivity index (χ3v) is 5.75. The maximum absolute atomic E-state index is 12.2. The quantitative estimate of drug-likeness (QED) is 0.448. The third-order valence-electron chi connectivity index (χ3n) is 5.10. The molecule has 1 amide bonds. The second kappa shape index (κ2) is 10.9. The highest BCUT2D eigenvalue weighted by molar-refractivity contribution is 7.98. The normalized spacial score (nSPS) is 11.7. The fraction of sp³-hybridized carbons (Fsp3) is 0.292. The van der Waals surface area contributed by atoms with Crippen molar-refractivity contribution in [2.24, 2.45) is 0 Å². The third kappa shape index (κ3) is 5.87. The van der Waals surface area contributed by atoms with Gasteiger partial charge in [-0.05, 0) is 60.7 Å². The van der Waals surface area contributed by atoms with Crippen molar-refractivity contribution in [2.75, 3.05) is 25.7 Å². The van der Waals surface area contributed by atoms with Gasteiger partial charge >= 0.3 is 5.63 Å². The van der Waals surface area contributed by atoms with E-state index in [1.165, 1.54) is 17.8 Å². The molecule has 1 N–H and O–H groups in total. The van der Waals surface area contributed by atoms with Crippen molar-refractivity contribution < 1.29 is 28.6 Å². The molecule has 0 fully saturated rings. The van der Waals surface area contributed by atoms with Crippen LogP contribution in [-0.2, 0) is 9.59 Å². The van der Waals surface area contributed by atoms with Gasteiger partial charge in [-0.25, -0.2) is 4.79 Å². The summed E-state index contributed by atoms with van der Waals surface area (Å²) in [6.07, 6.45) is 2.10. The van der Waals surface area contributed by atoms with Gasteiger partial charge in [0, 0.05) is 17.0 Å². The van der Waals surface area contributed by atoms with Crippen LogP contribution in [0.1, 0.15) is 12.0 Å². The molecule has 1 heterocycles. The van der Waals surface area contributed by atoms with E-state index in [4.69, 9.17) is 13.9 Å². The Kier molecular flexibility index (Phi) is 8.00. The number of carboxylic acids is 1. The predicted octanol–water partition coefficient (Wildman–Crippen LogP) is 2.14. The molecule has 0 bridgehead atoms. The largest absolute Gasteiger partial charge is 0.548 e. The van der Waals surface area contributed by atoms with E-state index >= 15 is 0 Å². The zero-order valence-corrected chi connectivity index (χ0v) is 19.3. The van der Waals surface area contributed by atoms with Gasteiger partial charge in [-0.1, -0.05) is 12.1 Å². The lowest BCUT2D eigenvalue weighted by Crippen LogP contribution is -2.49. The van der Waals surface area contributed by atoms with Crippen molar-refractivity contribution in [1.82, 2.24) is 5.32 Å². The highest BCUT2D eigenvalue weighted by atomic mass is 32.2. The lowest BCUT2D eigenvalue weighted by Gasteiger charge is -2.19. The number of hydrogen-bond acceptors (Lipinski definition) is 8. The monoisotopic (exact) mass is 470 g/mol. The van der Waals surface area contributed by atoms with Gasteiger partial charge in [0.1, 0.15) is 17.1 Å². The lowest BCUT2D eigenvalue weighted by molar-refractivity contribution is -0.308. The Morgan fingerprint density at radius 2 is 1.91 bits per heavy atom. The zero-order chi connectivity index (χ0) is 24.0. The van der Waals surface area contributed by atoms with Crippen LogP contribution >= 0.6 is 11.8 Å². The van der Waals surface area contributed by atoms with Crippen LogP contribution in [0.15, 0.2) is 51.7 Å². The number of aryl methyl sites for hydroxylation is 1. The number of carbonyl (C=O) groups is 2. The fourth-order valence-corrected chi connectivity index (χ4v) is 3.84. The van der Waals surface area contributed by atoms with E-state index in [1.807, 2.05) is 18.4 Å². The molecule has 0 saturated heterocycles. The summed E-state index contributed by atoms with van der Waals surface area (Å²) in [5.41, 5.74) is 1.89. The molecule has 0 unspecified atom stereocenters. The van der Waals surface area contributed by atoms with Gasteiger partial charge in [0.05, 0.1) is 19.1 Å². The van der Waals surface area contributed by atoms with Crippen LogP contribution in [0.3, 0.4) is 0 Å². The molecule has 0 spiro atoms. The number of methoxy groups -OCH3 is 1. The van der Waals surface area contributed by atoms with E-state index in [0.29, 0.717) is 39.3 Å². The fourth-order valence-electron chi connectivity index (χ4n) is 3.37. The number of fused-ring (bicyclic) bond motifs is 1. The number of amides is 1. The number of hydrogen-bond donors (Lipinski definition) is 1. The second-order valence-electron chi connectivity index (χ2n) is 7.28. The Labute approximate surface area is 194 Å². The van der Waals surface area contributed by atoms with Crippen LogP contribution in [-0.4, -0.2) is 43.6 Å². The molecule has 9 heteroatoms. The van der Waals surface area contributed by atoms with Gasteiger partial charge in [-0.3, -0.25) is 4.79 Å². The Bertz CT molecular complexity index is 1200. The zero-order valence-electron chi connectivity index (χ0n) is 18.5. The van der Waals surface area contributed by atoms with Crippen molar-refractivity contribution in [2.45, 2.75) is 19.4 Å². The number of ether oxygens (including phenoxy) is 2. The summed E-state index contributed by atoms with van der Waals surface area (Å²) in [7, 11) is 1.58. The molecule has 1 atom stereocenters. The summed E-state index contributed by atoms with van der Waals surface area (Å²) in [6.45, 7) is 1.33. The first kappa shape index (κ1) is 24.2. The molecule has 0 aliphatic heterocycles. The van der Waals surface area contributed by atoms with Crippen molar-refractivity contribution in [3.05, 3.63) is 58.4 Å². The first-order valence-electron chi connectivity index (χ1n) is 10.2. The van der Waals surface area contributed by atoms with E-state index in [2.05, 4.69) is 5.32 Å². The minimum absolute atomic E-state index is 0.254. The van der Waals surface area contributed by atoms with Crippen LogP contribution in [0.2, 0.25) is 0 Å². The van der Waals surface area contributed by atoms with Gasteiger partial charge < -0.3 is 29.1 Å². The SMILES string of the molecule is COc1ccc(-c2cc(=O)oc3c(C)c(OCC(=O)N[C@@H](CCSC)C(=O)[O-])ccc23)cc1. The average Bonchev–Trinajstić information content (AvgIpc) is 2.81. The molecular weight excluding hydrogens is 446 g/mol. The van der Waals surface area contributed by atoms with E-state index in [1.54, 1.807) is 38.3 Å². The highest BCUT2D eigenvalue weighted by Crippen LogP contribution is 2.33. The molecule has 3 rings (SSSR count). The Hall–Kier alpha value is -3.46. The van der Waals surface area contributed by atoms with E-state index in [0.717, 1.165) is 5.56 Å². The molecule has 0 saturated carbocycles. The van der Waals surface area contributed by atoms with Crippen LogP contribution in [0.5, 0.6) is 11.5 Å². The summed E-state index contributed by atoms with van der Waals surface area (Å²) >= 11 is 1.47. The topological polar surface area (TPSA) is 118 Å². The summed E-state index contributed by atoms with van der Waals surface area (Å²) < 4.78 is 16.2. The number of carbonyl (C=O) groups excluding carboxylic acids is 2. The van der Waals surface area contributed by atoms with Crippen molar-refractivity contribution in [1.29, 1.82) is 0 Å². The summed E-state index contributed by atoms with van der Waals surface area (Å²) in [5, 5.41) is 14.3. The highest BCUT2D eigenvalue weighted by Gasteiger charge is 2.16. The second-order valence-corrected chi connectivity index (χ2v) is 8.27. The molecule has 8 nitrogen and oxygen atoms in total. The van der Waals surface area contributed by atoms with Crippen molar-refractivity contribution in [3.63, 3.8) is 0 Å². The summed E-state index contributed by atoms with van der Waals surface area (Å²) in [6, 6.07) is 11.1. The van der Waals surface area contributed by atoms with E-state index in [9.17, 15) is 19.5 Å². The molecule has 1 aromatic heterocycles. The number of rotatable bonds is 10. The van der Waals surface area contributed by atoms with Gasteiger partial charge in [-0.15, -0.1) is 0 Å². The number of aliphatic carboxylic acids is 1. The average molecular weight is 471 g/mol. The summed E-state index contributed by atoms with van der Waals surface area (Å²) in [4.78, 5) is 35.6. The van der Waals surface area contributed by atoms with Gasteiger partial charge in [-0.2, -0.15) is 11.8 Å². The van der Waals surface area contributed by atoms with Crippen LogP contribution in [0.25, 0.3) is 22.1 Å². The molecule has 0 aliphatic carbocycles. The van der Waals surface area contributed by atoms with E-state index < -0.39 is 30.2 Å². The first-order chi connectivity index (χ1) is 15.8. The Morgan fingerprint density at radius 3 is 2.55 bits per heavy atom. The number of carboxylic acid groups (broad SMARTS) is 1. The van der Waals surface area contributed by atoms with Gasteiger partial charge in [0.25, 0.3) is 5.91 Å². The Balaban J connectivity index is 1.83. The number of thioether (sulfide) groups is 1. The van der Waals surface area contributed by atoms with Crippen LogP contribution in [0.4, 0.5) is 0 Å². The molecule has 33 heavy (non-hydrogen) atoms. The minimum atomic E-state index is -1.34. The van der Waals surface area contributed by atoms with E-state index in [-0.39, 0.29) is 6.42 Å². The standard InChI is InChI=1S/C24H25NO7S/c1-14-20(31-13-21(26)25-19(24(28)29)10-11-33-3)9-8-17-18(12-22(27)32-23(14)17)15-4-6-16(30-2)7-5-15/h4-9,12,19H,10-11,13H2,1-3H3,(H,25,26)(H,28,29)/p-1/t19-/m0/s1. The molecule has 174 valence electrons. The smallest absolute Gasteiger partial charge is 0.336 e. The first-order valence-corrected chi connectivity index (χ1v) is 11.6. The molecule has 0 radical (unpaired) electrons. The summed E-state index contributed by atoms with van der Waals surface area (Å²) in [5.74, 6) is -0.309. The minimum Gasteiger partial charge on any atom is -0.548 e. The van der Waals surface area contributed by atoms with Crippen molar-refractivity contribution in [3.8, 4) is 22.6 Å².